The maximum Gasteiger partial charge on any atom is 0.243 e. The maximum atomic E-state index is 12.9. The van der Waals surface area contributed by atoms with E-state index in [1.54, 1.807) is 24.3 Å². The summed E-state index contributed by atoms with van der Waals surface area (Å²) in [6, 6.07) is 8.35. The van der Waals surface area contributed by atoms with Gasteiger partial charge in [-0.25, -0.2) is 8.42 Å². The molecule has 1 amide bonds. The highest BCUT2D eigenvalue weighted by atomic mass is 32.2. The molecule has 2 fully saturated rings. The highest BCUT2D eigenvalue weighted by Crippen LogP contribution is 2.23. The second-order valence-corrected chi connectivity index (χ2v) is 10.1. The molecule has 2 heterocycles. The van der Waals surface area contributed by atoms with Gasteiger partial charge in [0.15, 0.2) is 0 Å². The van der Waals surface area contributed by atoms with Gasteiger partial charge in [-0.15, -0.1) is 0 Å². The fraction of sp³-hybridized carbons (Fsp3) is 0.650. The molecule has 0 spiro atoms. The summed E-state index contributed by atoms with van der Waals surface area (Å²) < 4.78 is 27.0. The normalized spacial score (nSPS) is 26.7. The molecule has 1 aromatic carbocycles. The number of hydrogen-bond acceptors (Lipinski definition) is 4. The molecule has 2 aliphatic heterocycles. The maximum absolute atomic E-state index is 12.9. The third-order valence-corrected chi connectivity index (χ3v) is 7.65. The average Bonchev–Trinajstić information content (AvgIpc) is 2.67. The zero-order valence-electron chi connectivity index (χ0n) is 16.5. The lowest BCUT2D eigenvalue weighted by Gasteiger charge is -2.41. The Morgan fingerprint density at radius 2 is 1.56 bits per heavy atom. The molecule has 3 atom stereocenters. The Labute approximate surface area is 163 Å². The van der Waals surface area contributed by atoms with Crippen molar-refractivity contribution >= 4 is 15.9 Å². The van der Waals surface area contributed by atoms with Crippen molar-refractivity contribution in [2.75, 3.05) is 39.3 Å². The van der Waals surface area contributed by atoms with Crippen molar-refractivity contribution in [3.63, 3.8) is 0 Å². The summed E-state index contributed by atoms with van der Waals surface area (Å²) in [5.41, 5.74) is 0. The van der Waals surface area contributed by atoms with Crippen molar-refractivity contribution in [3.8, 4) is 0 Å². The lowest BCUT2D eigenvalue weighted by molar-refractivity contribution is -0.139. The monoisotopic (exact) mass is 393 g/mol. The third-order valence-electron chi connectivity index (χ3n) is 5.74. The van der Waals surface area contributed by atoms with Gasteiger partial charge in [-0.1, -0.05) is 32.0 Å². The number of piperazine rings is 1. The van der Waals surface area contributed by atoms with Crippen LogP contribution in [-0.4, -0.2) is 73.7 Å². The van der Waals surface area contributed by atoms with Gasteiger partial charge in [0.05, 0.1) is 10.9 Å². The Bertz CT molecular complexity index is 735. The number of nitrogens with zero attached hydrogens (tertiary/aromatic N) is 3. The largest absolute Gasteiger partial charge is 0.341 e. The lowest BCUT2D eigenvalue weighted by atomic mass is 9.91. The van der Waals surface area contributed by atoms with E-state index in [-0.39, 0.29) is 11.9 Å². The predicted octanol–water partition coefficient (Wildman–Crippen LogP) is 1.89. The van der Waals surface area contributed by atoms with Crippen LogP contribution in [0.4, 0.5) is 0 Å². The number of piperidine rings is 1. The van der Waals surface area contributed by atoms with E-state index in [4.69, 9.17) is 0 Å². The molecular formula is C20H31N3O3S. The number of sulfonamides is 1. The van der Waals surface area contributed by atoms with Crippen molar-refractivity contribution in [1.82, 2.24) is 14.1 Å². The summed E-state index contributed by atoms with van der Waals surface area (Å²) in [6.07, 6.45) is 1.17. The van der Waals surface area contributed by atoms with Crippen LogP contribution in [0.5, 0.6) is 0 Å². The minimum atomic E-state index is -3.46. The molecule has 0 N–H and O–H groups in total. The first-order valence-corrected chi connectivity index (χ1v) is 11.3. The molecular weight excluding hydrogens is 362 g/mol. The van der Waals surface area contributed by atoms with Gasteiger partial charge in [0, 0.05) is 39.3 Å². The van der Waals surface area contributed by atoms with E-state index in [1.807, 2.05) is 17.9 Å². The summed E-state index contributed by atoms with van der Waals surface area (Å²) in [6.45, 7) is 10.0. The van der Waals surface area contributed by atoms with E-state index in [1.165, 1.54) is 10.7 Å². The Hall–Kier alpha value is -1.44. The van der Waals surface area contributed by atoms with Crippen LogP contribution in [0.2, 0.25) is 0 Å². The molecule has 150 valence electrons. The number of carbonyl (C=O) groups excluding carboxylic acids is 1. The van der Waals surface area contributed by atoms with Gasteiger partial charge < -0.3 is 4.90 Å². The topological polar surface area (TPSA) is 60.9 Å². The van der Waals surface area contributed by atoms with Crippen LogP contribution in [0.25, 0.3) is 0 Å². The second-order valence-electron chi connectivity index (χ2n) is 8.12. The van der Waals surface area contributed by atoms with E-state index in [9.17, 15) is 13.2 Å². The summed E-state index contributed by atoms with van der Waals surface area (Å²) in [5, 5.41) is 0. The Balaban J connectivity index is 1.59. The lowest BCUT2D eigenvalue weighted by Crippen LogP contribution is -2.56. The molecule has 2 saturated heterocycles. The molecule has 0 aromatic heterocycles. The summed E-state index contributed by atoms with van der Waals surface area (Å²) in [7, 11) is -3.46. The number of benzene rings is 1. The Kier molecular flexibility index (Phi) is 6.23. The van der Waals surface area contributed by atoms with Crippen LogP contribution >= 0.6 is 0 Å². The van der Waals surface area contributed by atoms with Crippen molar-refractivity contribution < 1.29 is 13.2 Å². The van der Waals surface area contributed by atoms with Crippen LogP contribution in [0, 0.1) is 11.8 Å². The van der Waals surface area contributed by atoms with Gasteiger partial charge in [0.2, 0.25) is 15.9 Å². The summed E-state index contributed by atoms with van der Waals surface area (Å²) in [4.78, 5) is 17.4. The van der Waals surface area contributed by atoms with Gasteiger partial charge in [-0.3, -0.25) is 9.69 Å². The molecule has 7 heteroatoms. The Morgan fingerprint density at radius 3 is 2.11 bits per heavy atom. The average molecular weight is 394 g/mol. The van der Waals surface area contributed by atoms with Gasteiger partial charge in [-0.05, 0) is 37.3 Å². The molecule has 0 aliphatic carbocycles. The SMILES string of the molecule is C[C@@H]1C[C@@H](C)CN(C(=O)[C@@H](C)N2CCN(S(=O)(=O)c3ccccc3)CC2)C1. The summed E-state index contributed by atoms with van der Waals surface area (Å²) >= 11 is 0. The molecule has 0 bridgehead atoms. The molecule has 3 rings (SSSR count). The van der Waals surface area contributed by atoms with Gasteiger partial charge >= 0.3 is 0 Å². The quantitative estimate of drug-likeness (QED) is 0.784. The van der Waals surface area contributed by atoms with Crippen LogP contribution in [0.3, 0.4) is 0 Å². The zero-order chi connectivity index (χ0) is 19.6. The smallest absolute Gasteiger partial charge is 0.243 e. The fourth-order valence-electron chi connectivity index (χ4n) is 4.34. The third kappa shape index (κ3) is 4.52. The van der Waals surface area contributed by atoms with Crippen LogP contribution in [0.15, 0.2) is 35.2 Å². The number of rotatable bonds is 4. The minimum Gasteiger partial charge on any atom is -0.341 e. The highest BCUT2D eigenvalue weighted by Gasteiger charge is 2.34. The van der Waals surface area contributed by atoms with Gasteiger partial charge in [0.25, 0.3) is 0 Å². The van der Waals surface area contributed by atoms with Crippen LogP contribution in [0.1, 0.15) is 27.2 Å². The molecule has 0 unspecified atom stereocenters. The molecule has 1 aromatic rings. The standard InChI is InChI=1S/C20H31N3O3S/c1-16-13-17(2)15-22(14-16)20(24)18(3)21-9-11-23(12-10-21)27(25,26)19-7-5-4-6-8-19/h4-8,16-18H,9-15H2,1-3H3/t16-,17-,18-/m1/s1. The van der Waals surface area contributed by atoms with E-state index >= 15 is 0 Å². The Morgan fingerprint density at radius 1 is 1.00 bits per heavy atom. The molecule has 6 nitrogen and oxygen atoms in total. The van der Waals surface area contributed by atoms with Gasteiger partial charge in [-0.2, -0.15) is 4.31 Å². The molecule has 2 aliphatic rings. The van der Waals surface area contributed by atoms with E-state index < -0.39 is 10.0 Å². The number of amides is 1. The van der Waals surface area contributed by atoms with Crippen LogP contribution in [-0.2, 0) is 14.8 Å². The van der Waals surface area contributed by atoms with E-state index in [2.05, 4.69) is 18.7 Å². The second kappa shape index (κ2) is 8.29. The minimum absolute atomic E-state index is 0.174. The first-order valence-electron chi connectivity index (χ1n) is 9.87. The first-order chi connectivity index (χ1) is 12.8. The number of likely N-dealkylation sites (tertiary alicyclic amines) is 1. The fourth-order valence-corrected chi connectivity index (χ4v) is 5.78. The summed E-state index contributed by atoms with van der Waals surface area (Å²) in [5.74, 6) is 1.25. The number of hydrogen-bond donors (Lipinski definition) is 0. The van der Waals surface area contributed by atoms with Crippen molar-refractivity contribution in [1.29, 1.82) is 0 Å². The number of carbonyl (C=O) groups is 1. The zero-order valence-corrected chi connectivity index (χ0v) is 17.4. The predicted molar refractivity (Wildman–Crippen MR) is 106 cm³/mol. The van der Waals surface area contributed by atoms with Crippen LogP contribution < -0.4 is 0 Å². The molecule has 27 heavy (non-hydrogen) atoms. The van der Waals surface area contributed by atoms with Crippen molar-refractivity contribution in [2.45, 2.75) is 38.1 Å². The van der Waals surface area contributed by atoms with Gasteiger partial charge in [0.1, 0.15) is 0 Å². The molecule has 0 radical (unpaired) electrons. The van der Waals surface area contributed by atoms with Crippen molar-refractivity contribution in [3.05, 3.63) is 30.3 Å². The van der Waals surface area contributed by atoms with Crippen molar-refractivity contribution in [2.24, 2.45) is 11.8 Å². The van der Waals surface area contributed by atoms with E-state index in [0.717, 1.165) is 13.1 Å². The molecule has 0 saturated carbocycles. The first kappa shape index (κ1) is 20.3. The highest BCUT2D eigenvalue weighted by molar-refractivity contribution is 7.89. The van der Waals surface area contributed by atoms with E-state index in [0.29, 0.717) is 42.9 Å².